The van der Waals surface area contributed by atoms with E-state index in [1.807, 2.05) is 48.5 Å². The van der Waals surface area contributed by atoms with E-state index in [9.17, 15) is 8.42 Å². The zero-order valence-corrected chi connectivity index (χ0v) is 20.4. The summed E-state index contributed by atoms with van der Waals surface area (Å²) in [6.45, 7) is 12.1. The van der Waals surface area contributed by atoms with E-state index in [1.165, 1.54) is 5.56 Å². The Balaban J connectivity index is 1.30. The second-order valence-electron chi connectivity index (χ2n) is 9.71. The van der Waals surface area contributed by atoms with Gasteiger partial charge in [0.15, 0.2) is 0 Å². The number of nitrogens with one attached hydrogen (secondary N) is 1. The van der Waals surface area contributed by atoms with Gasteiger partial charge >= 0.3 is 0 Å². The molecule has 0 bridgehead atoms. The number of benzene rings is 2. The second kappa shape index (κ2) is 9.71. The van der Waals surface area contributed by atoms with Gasteiger partial charge in [0.2, 0.25) is 0 Å². The lowest BCUT2D eigenvalue weighted by Crippen LogP contribution is -2.45. The summed E-state index contributed by atoms with van der Waals surface area (Å²) >= 11 is 0. The average Bonchev–Trinajstić information content (AvgIpc) is 3.29. The molecule has 0 amide bonds. The van der Waals surface area contributed by atoms with Crippen LogP contribution in [0.2, 0.25) is 0 Å². The van der Waals surface area contributed by atoms with Gasteiger partial charge in [0, 0.05) is 38.4 Å². The third kappa shape index (κ3) is 6.25. The Labute approximate surface area is 197 Å². The lowest BCUT2D eigenvalue weighted by molar-refractivity contribution is 0.116. The van der Waals surface area contributed by atoms with Gasteiger partial charge in [-0.15, -0.1) is 0 Å². The van der Waals surface area contributed by atoms with Crippen LogP contribution in [0.3, 0.4) is 0 Å². The summed E-state index contributed by atoms with van der Waals surface area (Å²) in [4.78, 5) is 5.10. The Morgan fingerprint density at radius 1 is 0.848 bits per heavy atom. The molecule has 6 nitrogen and oxygen atoms in total. The average molecular weight is 468 g/mol. The molecule has 1 saturated heterocycles. The van der Waals surface area contributed by atoms with Crippen LogP contribution in [-0.2, 0) is 28.5 Å². The highest BCUT2D eigenvalue weighted by Crippen LogP contribution is 2.24. The van der Waals surface area contributed by atoms with Crippen molar-refractivity contribution >= 4 is 15.7 Å². The normalized spacial score (nSPS) is 16.1. The molecule has 0 unspecified atom stereocenters. The molecule has 0 aliphatic carbocycles. The minimum Gasteiger partial charge on any atom is -0.468 e. The number of hydrogen-bond donors (Lipinski definition) is 1. The van der Waals surface area contributed by atoms with Gasteiger partial charge in [0.1, 0.15) is 5.76 Å². The van der Waals surface area contributed by atoms with Gasteiger partial charge in [-0.2, -0.15) is 0 Å². The number of anilines is 1. The fraction of sp³-hybridized carbons (Fsp3) is 0.385. The Hall–Kier alpha value is -2.61. The molecule has 1 aliphatic heterocycles. The van der Waals surface area contributed by atoms with E-state index in [0.717, 1.165) is 50.6 Å². The van der Waals surface area contributed by atoms with Crippen LogP contribution in [0.15, 0.2) is 76.2 Å². The molecular formula is C26H33N3O3S. The molecule has 0 saturated carbocycles. The molecule has 4 rings (SSSR count). The van der Waals surface area contributed by atoms with Crippen LogP contribution in [-0.4, -0.2) is 44.4 Å². The lowest BCUT2D eigenvalue weighted by Gasteiger charge is -2.34. The Morgan fingerprint density at radius 2 is 1.45 bits per heavy atom. The first-order valence-electron chi connectivity index (χ1n) is 11.4. The van der Waals surface area contributed by atoms with E-state index in [0.29, 0.717) is 5.69 Å². The van der Waals surface area contributed by atoms with Gasteiger partial charge in [0.25, 0.3) is 10.0 Å². The van der Waals surface area contributed by atoms with Gasteiger partial charge in [-0.25, -0.2) is 8.42 Å². The minimum atomic E-state index is -3.62. The fourth-order valence-corrected chi connectivity index (χ4v) is 5.07. The SMILES string of the molecule is CC(C)(C)c1ccc(S(=O)(=O)Nc2ccc(CN3CCN(Cc4ccco4)CC3)cc2)cc1. The van der Waals surface area contributed by atoms with E-state index in [-0.39, 0.29) is 10.3 Å². The highest BCUT2D eigenvalue weighted by atomic mass is 32.2. The van der Waals surface area contributed by atoms with E-state index >= 15 is 0 Å². The molecule has 1 N–H and O–H groups in total. The maximum Gasteiger partial charge on any atom is 0.261 e. The Kier molecular flexibility index (Phi) is 6.93. The molecular weight excluding hydrogens is 434 g/mol. The predicted molar refractivity (Wildman–Crippen MR) is 132 cm³/mol. The summed E-state index contributed by atoms with van der Waals surface area (Å²) in [5, 5.41) is 0. The summed E-state index contributed by atoms with van der Waals surface area (Å²) in [6, 6.07) is 18.7. The van der Waals surface area contributed by atoms with Crippen molar-refractivity contribution in [2.45, 2.75) is 44.2 Å². The quantitative estimate of drug-likeness (QED) is 0.546. The zero-order valence-electron chi connectivity index (χ0n) is 19.6. The summed E-state index contributed by atoms with van der Waals surface area (Å²) in [5.74, 6) is 1.01. The number of nitrogens with zero attached hydrogens (tertiary/aromatic N) is 2. The third-order valence-electron chi connectivity index (χ3n) is 6.07. The highest BCUT2D eigenvalue weighted by Gasteiger charge is 2.19. The number of furan rings is 1. The fourth-order valence-electron chi connectivity index (χ4n) is 4.01. The van der Waals surface area contributed by atoms with Gasteiger partial charge in [-0.1, -0.05) is 45.0 Å². The Bertz CT molecular complexity index is 1120. The topological polar surface area (TPSA) is 65.8 Å². The van der Waals surface area contributed by atoms with Gasteiger partial charge in [0.05, 0.1) is 17.7 Å². The van der Waals surface area contributed by atoms with Crippen LogP contribution in [0, 0.1) is 0 Å². The largest absolute Gasteiger partial charge is 0.468 e. The molecule has 2 heterocycles. The molecule has 176 valence electrons. The van der Waals surface area contributed by atoms with Crippen molar-refractivity contribution in [3.8, 4) is 0 Å². The maximum atomic E-state index is 12.8. The van der Waals surface area contributed by atoms with Gasteiger partial charge in [-0.05, 0) is 52.9 Å². The van der Waals surface area contributed by atoms with Crippen LogP contribution in [0.1, 0.15) is 37.7 Å². The van der Waals surface area contributed by atoms with Crippen LogP contribution in [0.5, 0.6) is 0 Å². The first-order valence-corrected chi connectivity index (χ1v) is 12.9. The molecule has 1 aromatic heterocycles. The predicted octanol–water partition coefficient (Wildman–Crippen LogP) is 4.70. The zero-order chi connectivity index (χ0) is 23.5. The van der Waals surface area contributed by atoms with Crippen molar-refractivity contribution in [3.63, 3.8) is 0 Å². The first-order chi connectivity index (χ1) is 15.7. The van der Waals surface area contributed by atoms with Crippen molar-refractivity contribution in [1.29, 1.82) is 0 Å². The molecule has 3 aromatic rings. The number of piperazine rings is 1. The smallest absolute Gasteiger partial charge is 0.261 e. The minimum absolute atomic E-state index is 0.0163. The molecule has 0 atom stereocenters. The van der Waals surface area contributed by atoms with Crippen molar-refractivity contribution in [3.05, 3.63) is 83.8 Å². The van der Waals surface area contributed by atoms with Gasteiger partial charge < -0.3 is 4.42 Å². The summed E-state index contributed by atoms with van der Waals surface area (Å²) in [5.41, 5.74) is 2.83. The highest BCUT2D eigenvalue weighted by molar-refractivity contribution is 7.92. The van der Waals surface area contributed by atoms with Crippen molar-refractivity contribution < 1.29 is 12.8 Å². The number of sulfonamides is 1. The molecule has 0 spiro atoms. The van der Waals surface area contributed by atoms with Crippen LogP contribution in [0.4, 0.5) is 5.69 Å². The molecule has 2 aromatic carbocycles. The molecule has 33 heavy (non-hydrogen) atoms. The van der Waals surface area contributed by atoms with Gasteiger partial charge in [-0.3, -0.25) is 14.5 Å². The second-order valence-corrected chi connectivity index (χ2v) is 11.4. The lowest BCUT2D eigenvalue weighted by atomic mass is 9.87. The van der Waals surface area contributed by atoms with E-state index in [1.54, 1.807) is 18.4 Å². The van der Waals surface area contributed by atoms with Crippen LogP contribution < -0.4 is 4.72 Å². The number of rotatable bonds is 7. The first kappa shape index (κ1) is 23.5. The van der Waals surface area contributed by atoms with Crippen molar-refractivity contribution in [2.75, 3.05) is 30.9 Å². The van der Waals surface area contributed by atoms with Crippen LogP contribution in [0.25, 0.3) is 0 Å². The van der Waals surface area contributed by atoms with E-state index in [4.69, 9.17) is 4.42 Å². The summed E-state index contributed by atoms with van der Waals surface area (Å²) in [6.07, 6.45) is 1.72. The monoisotopic (exact) mass is 467 g/mol. The van der Waals surface area contributed by atoms with Crippen LogP contribution >= 0.6 is 0 Å². The van der Waals surface area contributed by atoms with Crippen molar-refractivity contribution in [1.82, 2.24) is 9.80 Å². The van der Waals surface area contributed by atoms with E-state index in [2.05, 4.69) is 35.3 Å². The molecule has 1 fully saturated rings. The molecule has 1 aliphatic rings. The van der Waals surface area contributed by atoms with E-state index < -0.39 is 10.0 Å². The standard InChI is InChI=1S/C26H33N3O3S/c1-26(2,3)22-8-12-25(13-9-22)33(30,31)27-23-10-6-21(7-11-23)19-28-14-16-29(17-15-28)20-24-5-4-18-32-24/h4-13,18,27H,14-17,19-20H2,1-3H3. The molecule has 7 heteroatoms. The third-order valence-corrected chi connectivity index (χ3v) is 7.46. The van der Waals surface area contributed by atoms with Crippen molar-refractivity contribution in [2.24, 2.45) is 0 Å². The maximum absolute atomic E-state index is 12.8. The summed E-state index contributed by atoms with van der Waals surface area (Å²) in [7, 11) is -3.62. The molecule has 0 radical (unpaired) electrons. The Morgan fingerprint density at radius 3 is 2.00 bits per heavy atom. The number of hydrogen-bond acceptors (Lipinski definition) is 5. The summed E-state index contributed by atoms with van der Waals surface area (Å²) < 4.78 is 33.7.